The van der Waals surface area contributed by atoms with Gasteiger partial charge >= 0.3 is 0 Å². The van der Waals surface area contributed by atoms with Crippen LogP contribution in [-0.2, 0) is 16.6 Å². The van der Waals surface area contributed by atoms with Gasteiger partial charge in [-0.2, -0.15) is 0 Å². The highest BCUT2D eigenvalue weighted by Gasteiger charge is 2.15. The molecule has 0 aliphatic heterocycles. The molecule has 0 atom stereocenters. The molecule has 0 bridgehead atoms. The first-order valence-electron chi connectivity index (χ1n) is 8.56. The molecule has 0 aromatic heterocycles. The molecule has 0 radical (unpaired) electrons. The number of benzene rings is 3. The Morgan fingerprint density at radius 2 is 1.68 bits per heavy atom. The summed E-state index contributed by atoms with van der Waals surface area (Å²) in [5.74, 6) is -0.270. The Hall–Kier alpha value is -2.64. The molecule has 3 rings (SSSR count). The van der Waals surface area contributed by atoms with Gasteiger partial charge in [0, 0.05) is 22.3 Å². The minimum atomic E-state index is -3.74. The van der Waals surface area contributed by atoms with Gasteiger partial charge in [0.15, 0.2) is 0 Å². The van der Waals surface area contributed by atoms with Crippen LogP contribution >= 0.6 is 15.9 Å². The smallest absolute Gasteiger partial charge is 0.261 e. The quantitative estimate of drug-likeness (QED) is 0.571. The van der Waals surface area contributed by atoms with Gasteiger partial charge in [-0.25, -0.2) is 8.42 Å². The van der Waals surface area contributed by atoms with Gasteiger partial charge in [0.05, 0.1) is 4.90 Å². The van der Waals surface area contributed by atoms with Crippen molar-refractivity contribution >= 4 is 37.5 Å². The van der Waals surface area contributed by atoms with Crippen molar-refractivity contribution in [2.24, 2.45) is 0 Å². The molecule has 0 saturated carbocycles. The number of anilines is 1. The maximum atomic E-state index is 12.5. The molecular formula is C21H19BrN2O3S. The zero-order chi connectivity index (χ0) is 20.1. The molecule has 7 heteroatoms. The number of carbonyl (C=O) groups excluding carboxylic acids is 1. The van der Waals surface area contributed by atoms with Crippen LogP contribution in [-0.4, -0.2) is 14.3 Å². The van der Waals surface area contributed by atoms with Crippen molar-refractivity contribution in [2.75, 3.05) is 4.72 Å². The van der Waals surface area contributed by atoms with Gasteiger partial charge < -0.3 is 5.32 Å². The first-order valence-corrected chi connectivity index (χ1v) is 10.8. The van der Waals surface area contributed by atoms with Gasteiger partial charge in [-0.15, -0.1) is 0 Å². The molecule has 0 fully saturated rings. The minimum Gasteiger partial charge on any atom is -0.348 e. The maximum absolute atomic E-state index is 12.5. The van der Waals surface area contributed by atoms with Crippen LogP contribution in [0.2, 0.25) is 0 Å². The van der Waals surface area contributed by atoms with Crippen LogP contribution in [0, 0.1) is 6.92 Å². The van der Waals surface area contributed by atoms with Crippen molar-refractivity contribution in [3.05, 3.63) is 94.0 Å². The zero-order valence-electron chi connectivity index (χ0n) is 15.1. The van der Waals surface area contributed by atoms with Crippen LogP contribution in [0.3, 0.4) is 0 Å². The Kier molecular flexibility index (Phi) is 6.16. The number of rotatable bonds is 6. The lowest BCUT2D eigenvalue weighted by Crippen LogP contribution is -2.23. The zero-order valence-corrected chi connectivity index (χ0v) is 17.5. The Labute approximate surface area is 173 Å². The van der Waals surface area contributed by atoms with E-state index < -0.39 is 10.0 Å². The van der Waals surface area contributed by atoms with E-state index >= 15 is 0 Å². The van der Waals surface area contributed by atoms with Crippen molar-refractivity contribution in [3.8, 4) is 0 Å². The lowest BCUT2D eigenvalue weighted by Gasteiger charge is -2.11. The second-order valence-electron chi connectivity index (χ2n) is 6.25. The van der Waals surface area contributed by atoms with E-state index in [-0.39, 0.29) is 10.8 Å². The maximum Gasteiger partial charge on any atom is 0.261 e. The van der Waals surface area contributed by atoms with Crippen LogP contribution in [0.25, 0.3) is 0 Å². The highest BCUT2D eigenvalue weighted by atomic mass is 79.9. The van der Waals surface area contributed by atoms with Gasteiger partial charge in [-0.3, -0.25) is 9.52 Å². The Bertz CT molecular complexity index is 1100. The van der Waals surface area contributed by atoms with E-state index in [2.05, 4.69) is 26.0 Å². The van der Waals surface area contributed by atoms with Gasteiger partial charge in [-0.05, 0) is 60.5 Å². The summed E-state index contributed by atoms with van der Waals surface area (Å²) in [7, 11) is -3.74. The van der Waals surface area contributed by atoms with E-state index in [1.807, 2.05) is 31.2 Å². The SMILES string of the molecule is Cc1ccccc1CNC(=O)c1cccc(NS(=O)(=O)c2ccc(Br)cc2)c1. The fourth-order valence-electron chi connectivity index (χ4n) is 2.64. The van der Waals surface area contributed by atoms with Gasteiger partial charge in [0.1, 0.15) is 0 Å². The summed E-state index contributed by atoms with van der Waals surface area (Å²) in [5.41, 5.74) is 2.83. The fourth-order valence-corrected chi connectivity index (χ4v) is 3.95. The van der Waals surface area contributed by atoms with Crippen molar-refractivity contribution in [2.45, 2.75) is 18.4 Å². The van der Waals surface area contributed by atoms with Crippen LogP contribution < -0.4 is 10.0 Å². The lowest BCUT2D eigenvalue weighted by atomic mass is 10.1. The van der Waals surface area contributed by atoms with Crippen molar-refractivity contribution < 1.29 is 13.2 Å². The topological polar surface area (TPSA) is 75.3 Å². The van der Waals surface area contributed by atoms with E-state index in [0.717, 1.165) is 15.6 Å². The summed E-state index contributed by atoms with van der Waals surface area (Å²) < 4.78 is 28.3. The number of aryl methyl sites for hydroxylation is 1. The number of nitrogens with one attached hydrogen (secondary N) is 2. The highest BCUT2D eigenvalue weighted by Crippen LogP contribution is 2.19. The summed E-state index contributed by atoms with van der Waals surface area (Å²) in [5, 5.41) is 2.86. The third kappa shape index (κ3) is 4.99. The Balaban J connectivity index is 1.72. The summed E-state index contributed by atoms with van der Waals surface area (Å²) in [4.78, 5) is 12.6. The molecule has 0 saturated heterocycles. The molecular weight excluding hydrogens is 440 g/mol. The van der Waals surface area contributed by atoms with Crippen molar-refractivity contribution in [1.29, 1.82) is 0 Å². The van der Waals surface area contributed by atoms with Crippen LogP contribution in [0.4, 0.5) is 5.69 Å². The van der Waals surface area contributed by atoms with Crippen LogP contribution in [0.15, 0.2) is 82.2 Å². The first-order chi connectivity index (χ1) is 13.3. The Morgan fingerprint density at radius 1 is 0.964 bits per heavy atom. The van der Waals surface area contributed by atoms with Crippen LogP contribution in [0.5, 0.6) is 0 Å². The second-order valence-corrected chi connectivity index (χ2v) is 8.85. The molecule has 0 heterocycles. The molecule has 0 unspecified atom stereocenters. The van der Waals surface area contributed by atoms with Gasteiger partial charge in [-0.1, -0.05) is 46.3 Å². The molecule has 0 aliphatic carbocycles. The lowest BCUT2D eigenvalue weighted by molar-refractivity contribution is 0.0951. The first kappa shape index (κ1) is 20.1. The van der Waals surface area contributed by atoms with E-state index in [9.17, 15) is 13.2 Å². The predicted octanol–water partition coefficient (Wildman–Crippen LogP) is 4.49. The molecule has 5 nitrogen and oxygen atoms in total. The number of sulfonamides is 1. The number of halogens is 1. The average Bonchev–Trinajstić information content (AvgIpc) is 2.67. The summed E-state index contributed by atoms with van der Waals surface area (Å²) >= 11 is 3.28. The van der Waals surface area contributed by atoms with E-state index in [1.54, 1.807) is 30.3 Å². The molecule has 0 spiro atoms. The summed E-state index contributed by atoms with van der Waals surface area (Å²) in [6.45, 7) is 2.39. The van der Waals surface area contributed by atoms with Gasteiger partial charge in [0.25, 0.3) is 15.9 Å². The fraction of sp³-hybridized carbons (Fsp3) is 0.0952. The molecule has 0 aliphatic rings. The predicted molar refractivity (Wildman–Crippen MR) is 114 cm³/mol. The Morgan fingerprint density at radius 3 is 2.39 bits per heavy atom. The van der Waals surface area contributed by atoms with Crippen molar-refractivity contribution in [3.63, 3.8) is 0 Å². The standard InChI is InChI=1S/C21H19BrN2O3S/c1-15-5-2-3-6-17(15)14-23-21(25)16-7-4-8-19(13-16)24-28(26,27)20-11-9-18(22)10-12-20/h2-13,24H,14H2,1H3,(H,23,25). The largest absolute Gasteiger partial charge is 0.348 e. The number of amides is 1. The minimum absolute atomic E-state index is 0.144. The van der Waals surface area contributed by atoms with E-state index in [0.29, 0.717) is 17.8 Å². The average molecular weight is 459 g/mol. The normalized spacial score (nSPS) is 11.1. The highest BCUT2D eigenvalue weighted by molar-refractivity contribution is 9.10. The monoisotopic (exact) mass is 458 g/mol. The second kappa shape index (κ2) is 8.58. The van der Waals surface area contributed by atoms with Gasteiger partial charge in [0.2, 0.25) is 0 Å². The van der Waals surface area contributed by atoms with E-state index in [4.69, 9.17) is 0 Å². The molecule has 3 aromatic carbocycles. The van der Waals surface area contributed by atoms with Crippen molar-refractivity contribution in [1.82, 2.24) is 5.32 Å². The molecule has 3 aromatic rings. The molecule has 144 valence electrons. The third-order valence-electron chi connectivity index (χ3n) is 4.20. The number of hydrogen-bond acceptors (Lipinski definition) is 3. The molecule has 1 amide bonds. The number of carbonyl (C=O) groups is 1. The summed E-state index contributed by atoms with van der Waals surface area (Å²) in [6, 6.07) is 20.5. The van der Waals surface area contributed by atoms with Crippen LogP contribution in [0.1, 0.15) is 21.5 Å². The van der Waals surface area contributed by atoms with E-state index in [1.165, 1.54) is 18.2 Å². The third-order valence-corrected chi connectivity index (χ3v) is 6.13. The molecule has 2 N–H and O–H groups in total. The number of hydrogen-bond donors (Lipinski definition) is 2. The summed E-state index contributed by atoms with van der Waals surface area (Å²) in [6.07, 6.45) is 0. The molecule has 28 heavy (non-hydrogen) atoms.